The SMILES string of the molecule is Cc1nnc2n1-c1ccc(C3C=NNC3)cc1N(c1ccc(C#N)cc1)C[C@H]2I. The second-order valence-electron chi connectivity index (χ2n) is 7.17. The fraction of sp³-hybridized carbons (Fsp3) is 0.238. The molecule has 0 fully saturated rings. The molecule has 5 rings (SSSR count). The van der Waals surface area contributed by atoms with Gasteiger partial charge < -0.3 is 10.3 Å². The van der Waals surface area contributed by atoms with Crippen LogP contribution in [0.2, 0.25) is 0 Å². The fourth-order valence-electron chi connectivity index (χ4n) is 3.91. The minimum atomic E-state index is 0.162. The zero-order chi connectivity index (χ0) is 20.0. The molecule has 8 heteroatoms. The number of halogens is 1. The number of fused-ring (bicyclic) bond motifs is 3. The number of hydrazone groups is 1. The molecule has 0 saturated carbocycles. The van der Waals surface area contributed by atoms with Crippen molar-refractivity contribution in [2.24, 2.45) is 5.10 Å². The molecule has 0 amide bonds. The number of hydrogen-bond acceptors (Lipinski definition) is 6. The maximum absolute atomic E-state index is 9.16. The van der Waals surface area contributed by atoms with Gasteiger partial charge in [-0.3, -0.25) is 4.57 Å². The Balaban J connectivity index is 1.70. The van der Waals surface area contributed by atoms with E-state index in [4.69, 9.17) is 5.26 Å². The summed E-state index contributed by atoms with van der Waals surface area (Å²) >= 11 is 2.44. The molecule has 3 heterocycles. The van der Waals surface area contributed by atoms with Gasteiger partial charge in [-0.25, -0.2) is 0 Å². The van der Waals surface area contributed by atoms with Gasteiger partial charge in [-0.05, 0) is 48.9 Å². The lowest BCUT2D eigenvalue weighted by Crippen LogP contribution is -2.21. The summed E-state index contributed by atoms with van der Waals surface area (Å²) in [7, 11) is 0. The molecule has 2 aliphatic rings. The van der Waals surface area contributed by atoms with Crippen molar-refractivity contribution in [3.63, 3.8) is 0 Å². The third-order valence-corrected chi connectivity index (χ3v) is 6.35. The molecule has 0 bridgehead atoms. The lowest BCUT2D eigenvalue weighted by molar-refractivity contribution is 0.764. The van der Waals surface area contributed by atoms with Gasteiger partial charge >= 0.3 is 0 Å². The quantitative estimate of drug-likeness (QED) is 0.433. The largest absolute Gasteiger partial charge is 0.338 e. The number of rotatable bonds is 2. The summed E-state index contributed by atoms with van der Waals surface area (Å²) in [5, 5.41) is 22.1. The molecule has 29 heavy (non-hydrogen) atoms. The van der Waals surface area contributed by atoms with Gasteiger partial charge in [0.15, 0.2) is 5.82 Å². The summed E-state index contributed by atoms with van der Waals surface area (Å²) in [5.41, 5.74) is 8.15. The summed E-state index contributed by atoms with van der Waals surface area (Å²) < 4.78 is 2.32. The van der Waals surface area contributed by atoms with Crippen LogP contribution in [-0.4, -0.2) is 34.1 Å². The average Bonchev–Trinajstić information content (AvgIpc) is 3.39. The highest BCUT2D eigenvalue weighted by atomic mass is 127. The van der Waals surface area contributed by atoms with Crippen LogP contribution in [-0.2, 0) is 0 Å². The molecule has 3 aromatic rings. The third-order valence-electron chi connectivity index (χ3n) is 5.40. The molecule has 1 aromatic heterocycles. The van der Waals surface area contributed by atoms with Crippen LogP contribution < -0.4 is 10.3 Å². The molecular weight excluding hydrogens is 477 g/mol. The van der Waals surface area contributed by atoms with Crippen molar-refractivity contribution in [3.05, 3.63) is 65.2 Å². The van der Waals surface area contributed by atoms with Gasteiger partial charge in [-0.15, -0.1) is 10.2 Å². The van der Waals surface area contributed by atoms with Gasteiger partial charge in [0.1, 0.15) is 5.82 Å². The Morgan fingerprint density at radius 2 is 1.97 bits per heavy atom. The Kier molecular flexibility index (Phi) is 4.47. The summed E-state index contributed by atoms with van der Waals surface area (Å²) in [6, 6.07) is 16.5. The molecule has 1 N–H and O–H groups in total. The zero-order valence-corrected chi connectivity index (χ0v) is 17.9. The van der Waals surface area contributed by atoms with E-state index in [1.165, 1.54) is 5.56 Å². The van der Waals surface area contributed by atoms with Crippen LogP contribution in [0.15, 0.2) is 47.6 Å². The smallest absolute Gasteiger partial charge is 0.152 e. The summed E-state index contributed by atoms with van der Waals surface area (Å²) in [6.07, 6.45) is 1.96. The first-order valence-electron chi connectivity index (χ1n) is 9.40. The van der Waals surface area contributed by atoms with Crippen LogP contribution in [0.25, 0.3) is 5.69 Å². The third kappa shape index (κ3) is 3.06. The Labute approximate surface area is 182 Å². The van der Waals surface area contributed by atoms with Gasteiger partial charge in [0.05, 0.1) is 26.9 Å². The highest BCUT2D eigenvalue weighted by Crippen LogP contribution is 2.41. The molecule has 2 aromatic carbocycles. The normalized spacial score (nSPS) is 19.8. The first kappa shape index (κ1) is 18.1. The molecule has 7 nitrogen and oxygen atoms in total. The maximum Gasteiger partial charge on any atom is 0.152 e. The molecule has 1 unspecified atom stereocenters. The maximum atomic E-state index is 9.16. The Morgan fingerprint density at radius 1 is 1.14 bits per heavy atom. The molecule has 2 atom stereocenters. The van der Waals surface area contributed by atoms with Gasteiger partial charge in [-0.2, -0.15) is 10.4 Å². The number of nitrogens with zero attached hydrogens (tertiary/aromatic N) is 6. The van der Waals surface area contributed by atoms with Crippen molar-refractivity contribution < 1.29 is 0 Å². The number of aryl methyl sites for hydroxylation is 1. The summed E-state index contributed by atoms with van der Waals surface area (Å²) in [4.78, 5) is 2.31. The topological polar surface area (TPSA) is 82.1 Å². The Hall–Kier alpha value is -2.93. The molecular formula is C21H18IN7. The molecule has 0 spiro atoms. The van der Waals surface area contributed by atoms with Gasteiger partial charge in [0, 0.05) is 30.9 Å². The molecule has 0 radical (unpaired) electrons. The Morgan fingerprint density at radius 3 is 2.69 bits per heavy atom. The van der Waals surface area contributed by atoms with Crippen molar-refractivity contribution in [1.82, 2.24) is 20.2 Å². The van der Waals surface area contributed by atoms with E-state index in [1.54, 1.807) is 0 Å². The molecule has 2 aliphatic heterocycles. The number of alkyl halides is 1. The number of aromatic nitrogens is 3. The first-order chi connectivity index (χ1) is 14.2. The van der Waals surface area contributed by atoms with E-state index in [1.807, 2.05) is 37.4 Å². The lowest BCUT2D eigenvalue weighted by atomic mass is 9.99. The predicted octanol–water partition coefficient (Wildman–Crippen LogP) is 3.75. The molecule has 0 saturated heterocycles. The average molecular weight is 495 g/mol. The van der Waals surface area contributed by atoms with E-state index in [2.05, 4.69) is 77.1 Å². The molecule has 144 valence electrons. The number of nitrogens with one attached hydrogen (secondary N) is 1. The van der Waals surface area contributed by atoms with E-state index in [-0.39, 0.29) is 9.84 Å². The van der Waals surface area contributed by atoms with Crippen molar-refractivity contribution in [2.75, 3.05) is 18.0 Å². The van der Waals surface area contributed by atoms with E-state index in [9.17, 15) is 0 Å². The van der Waals surface area contributed by atoms with Crippen LogP contribution in [0.1, 0.15) is 32.6 Å². The van der Waals surface area contributed by atoms with Crippen LogP contribution in [0.3, 0.4) is 0 Å². The number of nitriles is 1. The number of hydrogen-bond donors (Lipinski definition) is 1. The van der Waals surface area contributed by atoms with Crippen LogP contribution in [0.5, 0.6) is 0 Å². The van der Waals surface area contributed by atoms with Crippen LogP contribution in [0.4, 0.5) is 11.4 Å². The minimum Gasteiger partial charge on any atom is -0.338 e. The first-order valence-corrected chi connectivity index (χ1v) is 10.6. The number of anilines is 2. The highest BCUT2D eigenvalue weighted by molar-refractivity contribution is 14.1. The predicted molar refractivity (Wildman–Crippen MR) is 120 cm³/mol. The zero-order valence-electron chi connectivity index (χ0n) is 15.7. The van der Waals surface area contributed by atoms with E-state index in [0.29, 0.717) is 5.56 Å². The van der Waals surface area contributed by atoms with Crippen LogP contribution in [0, 0.1) is 18.3 Å². The molecule has 0 aliphatic carbocycles. The fourth-order valence-corrected chi connectivity index (χ4v) is 4.70. The lowest BCUT2D eigenvalue weighted by Gasteiger charge is -2.27. The van der Waals surface area contributed by atoms with Gasteiger partial charge in [-0.1, -0.05) is 28.7 Å². The Bertz CT molecular complexity index is 1140. The monoisotopic (exact) mass is 495 g/mol. The van der Waals surface area contributed by atoms with E-state index >= 15 is 0 Å². The van der Waals surface area contributed by atoms with E-state index in [0.717, 1.165) is 41.8 Å². The highest BCUT2D eigenvalue weighted by Gasteiger charge is 2.30. The number of benzene rings is 2. The van der Waals surface area contributed by atoms with Gasteiger partial charge in [0.2, 0.25) is 0 Å². The van der Waals surface area contributed by atoms with Crippen LogP contribution >= 0.6 is 22.6 Å². The second-order valence-corrected chi connectivity index (χ2v) is 8.68. The minimum absolute atomic E-state index is 0.162. The van der Waals surface area contributed by atoms with Crippen molar-refractivity contribution in [3.8, 4) is 11.8 Å². The van der Waals surface area contributed by atoms with Crippen molar-refractivity contribution in [2.45, 2.75) is 16.8 Å². The van der Waals surface area contributed by atoms with Crippen molar-refractivity contribution in [1.29, 1.82) is 5.26 Å². The summed E-state index contributed by atoms with van der Waals surface area (Å²) in [5.74, 6) is 2.09. The standard InChI is InChI=1S/C21H18IN7/c1-13-26-27-21-18(22)12-28(17-5-2-14(9-23)3-6-17)20-8-15(16-10-24-25-11-16)4-7-19(20)29(13)21/h2-8,10,16,18,25H,11-12H2,1H3/t16?,18-/m1/s1. The second kappa shape index (κ2) is 7.15. The summed E-state index contributed by atoms with van der Waals surface area (Å²) in [6.45, 7) is 3.56. The van der Waals surface area contributed by atoms with Crippen molar-refractivity contribution >= 4 is 40.2 Å². The van der Waals surface area contributed by atoms with Gasteiger partial charge in [0.25, 0.3) is 0 Å². The van der Waals surface area contributed by atoms with E-state index < -0.39 is 0 Å².